The van der Waals surface area contributed by atoms with Crippen LogP contribution in [0.25, 0.3) is 0 Å². The van der Waals surface area contributed by atoms with E-state index in [9.17, 15) is 4.79 Å². The molecule has 2 heteroatoms. The molecule has 0 aliphatic carbocycles. The Labute approximate surface area is 167 Å². The van der Waals surface area contributed by atoms with Crippen molar-refractivity contribution in [2.75, 3.05) is 6.61 Å². The molecular weight excluding hydrogens is 332 g/mol. The summed E-state index contributed by atoms with van der Waals surface area (Å²) in [6, 6.07) is 0. The van der Waals surface area contributed by atoms with E-state index in [1.54, 1.807) is 0 Å². The minimum Gasteiger partial charge on any atom is -0.396 e. The zero-order valence-electron chi connectivity index (χ0n) is 17.2. The van der Waals surface area contributed by atoms with Crippen LogP contribution in [-0.4, -0.2) is 17.5 Å². The lowest BCUT2D eigenvalue weighted by Crippen LogP contribution is -1.98. The lowest BCUT2D eigenvalue weighted by Gasteiger charge is -1.99. The third-order valence-corrected chi connectivity index (χ3v) is 4.03. The minimum atomic E-state index is 0.114. The van der Waals surface area contributed by atoms with E-state index in [1.165, 1.54) is 19.3 Å². The van der Waals surface area contributed by atoms with Crippen molar-refractivity contribution >= 4 is 5.78 Å². The van der Waals surface area contributed by atoms with Gasteiger partial charge in [0.15, 0.2) is 0 Å². The highest BCUT2D eigenvalue weighted by molar-refractivity contribution is 5.78. The van der Waals surface area contributed by atoms with Crippen LogP contribution in [0.15, 0.2) is 48.6 Å². The summed E-state index contributed by atoms with van der Waals surface area (Å²) >= 11 is 0. The second-order valence-corrected chi connectivity index (χ2v) is 6.62. The van der Waals surface area contributed by atoms with Crippen LogP contribution >= 0.6 is 0 Å². The number of aliphatic hydroxyl groups excluding tert-OH is 1. The summed E-state index contributed by atoms with van der Waals surface area (Å²) in [7, 11) is 0. The van der Waals surface area contributed by atoms with Crippen molar-refractivity contribution in [2.24, 2.45) is 0 Å². The number of rotatable bonds is 16. The van der Waals surface area contributed by atoms with Crippen LogP contribution in [0.5, 0.6) is 0 Å². The Balaban J connectivity index is 3.52. The molecule has 0 fully saturated rings. The van der Waals surface area contributed by atoms with Crippen LogP contribution in [0.1, 0.15) is 84.0 Å². The number of carbonyl (C=O) groups is 1. The molecule has 0 spiro atoms. The number of hydrogen-bond acceptors (Lipinski definition) is 2. The monoisotopic (exact) mass is 370 g/mol. The molecule has 0 bridgehead atoms. The Kier molecular flexibility index (Phi) is 20.7. The number of allylic oxidation sites excluding steroid dienone is 8. The van der Waals surface area contributed by atoms with E-state index in [0.717, 1.165) is 38.5 Å². The summed E-state index contributed by atoms with van der Waals surface area (Å²) in [5.74, 6) is 6.50. The van der Waals surface area contributed by atoms with E-state index in [2.05, 4.69) is 49.1 Å². The number of Topliss-reactive ketones (excluding diaryl/α,β-unsaturated/α-hetero) is 1. The Bertz CT molecular complexity index is 512. The van der Waals surface area contributed by atoms with E-state index in [-0.39, 0.29) is 12.4 Å². The summed E-state index contributed by atoms with van der Waals surface area (Å²) in [4.78, 5) is 11.4. The molecule has 0 saturated heterocycles. The number of unbranched alkanes of at least 4 members (excludes halogenated alkanes) is 6. The quantitative estimate of drug-likeness (QED) is 0.192. The molecular formula is C25H38O2. The van der Waals surface area contributed by atoms with Gasteiger partial charge in [0.05, 0.1) is 0 Å². The van der Waals surface area contributed by atoms with Gasteiger partial charge in [-0.1, -0.05) is 87.0 Å². The Morgan fingerprint density at radius 1 is 0.852 bits per heavy atom. The van der Waals surface area contributed by atoms with Gasteiger partial charge >= 0.3 is 0 Å². The zero-order valence-corrected chi connectivity index (χ0v) is 17.2. The molecule has 0 aliphatic heterocycles. The second kappa shape index (κ2) is 22.2. The standard InChI is InChI=1S/C25H38O2/c1-2-3-4-5-6-7-8-9-10-11-12-13-14-15-16-17-18-19-20-22-25(27)23-21-24-26/h5-8,10-13,26H,2-4,9,16-24H2,1H3/b6-5-,8-7-,11-10+,13-12+. The SMILES string of the molecule is CCCC/C=C\C=C/C/C=C/C=C/C#CCCCCCCC(=O)CCCO. The lowest BCUT2D eigenvalue weighted by molar-refractivity contribution is -0.119. The number of carbonyl (C=O) groups excluding carboxylic acids is 1. The molecule has 0 saturated carbocycles. The summed E-state index contributed by atoms with van der Waals surface area (Å²) in [6.07, 6.45) is 28.2. The fraction of sp³-hybridized carbons (Fsp3) is 0.560. The highest BCUT2D eigenvalue weighted by Crippen LogP contribution is 2.07. The Hall–Kier alpha value is -1.85. The van der Waals surface area contributed by atoms with Gasteiger partial charge in [-0.3, -0.25) is 4.79 Å². The van der Waals surface area contributed by atoms with Crippen LogP contribution < -0.4 is 0 Å². The first-order valence-corrected chi connectivity index (χ1v) is 10.6. The fourth-order valence-corrected chi connectivity index (χ4v) is 2.41. The van der Waals surface area contributed by atoms with Gasteiger partial charge in [0.1, 0.15) is 5.78 Å². The molecule has 150 valence electrons. The van der Waals surface area contributed by atoms with Crippen LogP contribution in [0.3, 0.4) is 0 Å². The van der Waals surface area contributed by atoms with E-state index in [0.29, 0.717) is 19.3 Å². The van der Waals surface area contributed by atoms with Gasteiger partial charge in [-0.15, -0.1) is 0 Å². The van der Waals surface area contributed by atoms with E-state index in [1.807, 2.05) is 18.2 Å². The van der Waals surface area contributed by atoms with Crippen molar-refractivity contribution < 1.29 is 9.90 Å². The first-order valence-electron chi connectivity index (χ1n) is 10.6. The topological polar surface area (TPSA) is 37.3 Å². The van der Waals surface area contributed by atoms with E-state index >= 15 is 0 Å². The highest BCUT2D eigenvalue weighted by Gasteiger charge is 2.00. The second-order valence-electron chi connectivity index (χ2n) is 6.62. The maximum Gasteiger partial charge on any atom is 0.132 e. The maximum absolute atomic E-state index is 11.4. The van der Waals surface area contributed by atoms with Gasteiger partial charge in [-0.05, 0) is 38.2 Å². The van der Waals surface area contributed by atoms with Crippen molar-refractivity contribution in [2.45, 2.75) is 84.0 Å². The molecule has 0 radical (unpaired) electrons. The maximum atomic E-state index is 11.4. The fourth-order valence-electron chi connectivity index (χ4n) is 2.41. The van der Waals surface area contributed by atoms with Crippen molar-refractivity contribution in [1.82, 2.24) is 0 Å². The van der Waals surface area contributed by atoms with Gasteiger partial charge in [0.2, 0.25) is 0 Å². The average molecular weight is 371 g/mol. The molecule has 0 aliphatic rings. The molecule has 27 heavy (non-hydrogen) atoms. The average Bonchev–Trinajstić information content (AvgIpc) is 2.68. The summed E-state index contributed by atoms with van der Waals surface area (Å²) in [6.45, 7) is 2.32. The molecule has 0 aromatic heterocycles. The Morgan fingerprint density at radius 3 is 2.33 bits per heavy atom. The number of ketones is 1. The lowest BCUT2D eigenvalue weighted by atomic mass is 10.1. The molecule has 0 aromatic rings. The Morgan fingerprint density at radius 2 is 1.56 bits per heavy atom. The van der Waals surface area contributed by atoms with Gasteiger partial charge in [0, 0.05) is 25.9 Å². The highest BCUT2D eigenvalue weighted by atomic mass is 16.3. The minimum absolute atomic E-state index is 0.114. The van der Waals surface area contributed by atoms with Crippen molar-refractivity contribution in [1.29, 1.82) is 0 Å². The summed E-state index contributed by atoms with van der Waals surface area (Å²) < 4.78 is 0. The van der Waals surface area contributed by atoms with Crippen molar-refractivity contribution in [3.63, 3.8) is 0 Å². The number of aliphatic hydroxyl groups is 1. The molecule has 0 atom stereocenters. The number of hydrogen-bond donors (Lipinski definition) is 1. The molecule has 0 amide bonds. The first kappa shape index (κ1) is 25.1. The van der Waals surface area contributed by atoms with E-state index < -0.39 is 0 Å². The third-order valence-electron chi connectivity index (χ3n) is 4.03. The van der Waals surface area contributed by atoms with Gasteiger partial charge in [-0.25, -0.2) is 0 Å². The molecule has 0 aromatic carbocycles. The van der Waals surface area contributed by atoms with Crippen LogP contribution in [0, 0.1) is 11.8 Å². The van der Waals surface area contributed by atoms with Crippen LogP contribution in [-0.2, 0) is 4.79 Å². The molecule has 1 N–H and O–H groups in total. The largest absolute Gasteiger partial charge is 0.396 e. The van der Waals surface area contributed by atoms with Crippen LogP contribution in [0.4, 0.5) is 0 Å². The van der Waals surface area contributed by atoms with Crippen LogP contribution in [0.2, 0.25) is 0 Å². The first-order chi connectivity index (χ1) is 13.3. The molecule has 0 heterocycles. The van der Waals surface area contributed by atoms with Gasteiger partial charge < -0.3 is 5.11 Å². The van der Waals surface area contributed by atoms with Gasteiger partial charge in [-0.2, -0.15) is 0 Å². The smallest absolute Gasteiger partial charge is 0.132 e. The van der Waals surface area contributed by atoms with E-state index in [4.69, 9.17) is 5.11 Å². The molecule has 2 nitrogen and oxygen atoms in total. The third kappa shape index (κ3) is 22.1. The van der Waals surface area contributed by atoms with Crippen molar-refractivity contribution in [3.05, 3.63) is 48.6 Å². The van der Waals surface area contributed by atoms with Crippen molar-refractivity contribution in [3.8, 4) is 11.8 Å². The molecule has 0 rings (SSSR count). The van der Waals surface area contributed by atoms with Gasteiger partial charge in [0.25, 0.3) is 0 Å². The summed E-state index contributed by atoms with van der Waals surface area (Å²) in [5, 5.41) is 8.67. The normalized spacial score (nSPS) is 11.8. The zero-order chi connectivity index (χ0) is 19.8. The predicted octanol–water partition coefficient (Wildman–Crippen LogP) is 6.48. The molecule has 0 unspecified atom stereocenters. The predicted molar refractivity (Wildman–Crippen MR) is 118 cm³/mol. The summed E-state index contributed by atoms with van der Waals surface area (Å²) in [5.41, 5.74) is 0.